The van der Waals surface area contributed by atoms with Crippen molar-refractivity contribution in [3.05, 3.63) is 68.4 Å². The van der Waals surface area contributed by atoms with Crippen molar-refractivity contribution in [3.8, 4) is 0 Å². The Morgan fingerprint density at radius 3 is 2.30 bits per heavy atom. The molecule has 0 aromatic heterocycles. The number of hydrogen-bond donors (Lipinski definition) is 2. The summed E-state index contributed by atoms with van der Waals surface area (Å²) in [5.41, 5.74) is 4.31. The van der Waals surface area contributed by atoms with Crippen LogP contribution in [0.4, 0.5) is 4.39 Å². The molecule has 0 bridgehead atoms. The summed E-state index contributed by atoms with van der Waals surface area (Å²) < 4.78 is 13.5. The predicted molar refractivity (Wildman–Crippen MR) is 81.6 cm³/mol. The monoisotopic (exact) mass is 332 g/mol. The number of hydrogen-bond acceptors (Lipinski definition) is 2. The van der Waals surface area contributed by atoms with E-state index in [1.807, 2.05) is 6.07 Å². The van der Waals surface area contributed by atoms with Gasteiger partial charge in [-0.1, -0.05) is 46.9 Å². The molecule has 0 amide bonds. The van der Waals surface area contributed by atoms with Crippen molar-refractivity contribution in [2.24, 2.45) is 5.84 Å². The van der Waals surface area contributed by atoms with E-state index in [-0.39, 0.29) is 11.1 Å². The van der Waals surface area contributed by atoms with Crippen molar-refractivity contribution >= 4 is 34.8 Å². The summed E-state index contributed by atoms with van der Waals surface area (Å²) in [7, 11) is 0. The van der Waals surface area contributed by atoms with E-state index >= 15 is 0 Å². The van der Waals surface area contributed by atoms with Gasteiger partial charge in [-0.3, -0.25) is 11.3 Å². The summed E-state index contributed by atoms with van der Waals surface area (Å²) in [6.45, 7) is 0. The van der Waals surface area contributed by atoms with Gasteiger partial charge in [-0.25, -0.2) is 4.39 Å². The Bertz CT molecular complexity index is 619. The molecule has 1 unspecified atom stereocenters. The van der Waals surface area contributed by atoms with E-state index in [1.165, 1.54) is 12.1 Å². The van der Waals surface area contributed by atoms with Crippen LogP contribution in [0.3, 0.4) is 0 Å². The van der Waals surface area contributed by atoms with E-state index in [0.29, 0.717) is 22.0 Å². The molecule has 2 rings (SSSR count). The summed E-state index contributed by atoms with van der Waals surface area (Å²) in [5, 5.41) is 1.05. The van der Waals surface area contributed by atoms with Crippen LogP contribution < -0.4 is 11.3 Å². The molecule has 0 saturated heterocycles. The van der Waals surface area contributed by atoms with E-state index in [9.17, 15) is 4.39 Å². The van der Waals surface area contributed by atoms with Gasteiger partial charge >= 0.3 is 0 Å². The second-order valence-electron chi connectivity index (χ2n) is 4.35. The molecule has 1 atom stereocenters. The average molecular weight is 334 g/mol. The topological polar surface area (TPSA) is 38.0 Å². The zero-order chi connectivity index (χ0) is 14.7. The number of nitrogens with one attached hydrogen (secondary N) is 1. The molecule has 106 valence electrons. The first-order valence-electron chi connectivity index (χ1n) is 5.86. The second-order valence-corrected chi connectivity index (χ2v) is 5.57. The van der Waals surface area contributed by atoms with Gasteiger partial charge in [0.1, 0.15) is 5.82 Å². The molecule has 0 heterocycles. The van der Waals surface area contributed by atoms with Crippen LogP contribution >= 0.6 is 34.8 Å². The van der Waals surface area contributed by atoms with Gasteiger partial charge in [-0.15, -0.1) is 0 Å². The van der Waals surface area contributed by atoms with Crippen molar-refractivity contribution in [2.45, 2.75) is 12.5 Å². The molecule has 20 heavy (non-hydrogen) atoms. The Morgan fingerprint density at radius 2 is 1.70 bits per heavy atom. The average Bonchev–Trinajstić information content (AvgIpc) is 2.43. The van der Waals surface area contributed by atoms with Crippen molar-refractivity contribution in [3.63, 3.8) is 0 Å². The molecule has 2 nitrogen and oxygen atoms in total. The minimum Gasteiger partial charge on any atom is -0.271 e. The van der Waals surface area contributed by atoms with Gasteiger partial charge in [-0.2, -0.15) is 0 Å². The molecule has 0 radical (unpaired) electrons. The first kappa shape index (κ1) is 15.5. The van der Waals surface area contributed by atoms with Gasteiger partial charge in [0.15, 0.2) is 0 Å². The second kappa shape index (κ2) is 6.74. The van der Waals surface area contributed by atoms with E-state index in [0.717, 1.165) is 5.56 Å². The molecule has 0 saturated carbocycles. The number of benzene rings is 2. The molecule has 3 N–H and O–H groups in total. The fraction of sp³-hybridized carbons (Fsp3) is 0.143. The van der Waals surface area contributed by atoms with Gasteiger partial charge in [0.25, 0.3) is 0 Å². The van der Waals surface area contributed by atoms with Gasteiger partial charge in [0, 0.05) is 0 Å². The largest absolute Gasteiger partial charge is 0.271 e. The number of hydrazine groups is 1. The quantitative estimate of drug-likeness (QED) is 0.637. The fourth-order valence-electron chi connectivity index (χ4n) is 1.90. The molecule has 0 aliphatic rings. The highest BCUT2D eigenvalue weighted by molar-refractivity contribution is 6.42. The summed E-state index contributed by atoms with van der Waals surface area (Å²) in [4.78, 5) is 0. The van der Waals surface area contributed by atoms with Crippen LogP contribution in [0.1, 0.15) is 17.2 Å². The maximum atomic E-state index is 13.5. The molecule has 0 aliphatic carbocycles. The minimum absolute atomic E-state index is 0.0825. The first-order chi connectivity index (χ1) is 9.51. The first-order valence-corrected chi connectivity index (χ1v) is 6.99. The Labute approximate surface area is 131 Å². The lowest BCUT2D eigenvalue weighted by molar-refractivity contribution is 0.544. The van der Waals surface area contributed by atoms with Crippen molar-refractivity contribution < 1.29 is 4.39 Å². The molecule has 0 aliphatic heterocycles. The standard InChI is InChI=1S/C14H12Cl3FN2/c15-10-3-1-8(5-12(10)17)6-14(20-19)9-2-4-11(16)13(18)7-9/h1-5,7,14,20H,6,19H2. The summed E-state index contributed by atoms with van der Waals surface area (Å²) in [6.07, 6.45) is 0.550. The van der Waals surface area contributed by atoms with Crippen LogP contribution in [0.2, 0.25) is 15.1 Å². The summed E-state index contributed by atoms with van der Waals surface area (Å²) >= 11 is 17.5. The molecule has 2 aromatic carbocycles. The van der Waals surface area contributed by atoms with E-state index in [4.69, 9.17) is 40.6 Å². The highest BCUT2D eigenvalue weighted by Crippen LogP contribution is 2.26. The molecule has 6 heteroatoms. The smallest absolute Gasteiger partial charge is 0.142 e. The van der Waals surface area contributed by atoms with Crippen LogP contribution in [-0.2, 0) is 6.42 Å². The van der Waals surface area contributed by atoms with Crippen molar-refractivity contribution in [2.75, 3.05) is 0 Å². The molecule has 0 spiro atoms. The third-order valence-corrected chi connectivity index (χ3v) is 4.02. The number of nitrogens with two attached hydrogens (primary N) is 1. The normalized spacial score (nSPS) is 12.4. The minimum atomic E-state index is -0.474. The highest BCUT2D eigenvalue weighted by Gasteiger charge is 2.13. The zero-order valence-electron chi connectivity index (χ0n) is 10.3. The maximum Gasteiger partial charge on any atom is 0.142 e. The molecular weight excluding hydrogens is 322 g/mol. The fourth-order valence-corrected chi connectivity index (χ4v) is 2.34. The third-order valence-electron chi connectivity index (χ3n) is 2.97. The van der Waals surface area contributed by atoms with Crippen LogP contribution in [0, 0.1) is 5.82 Å². The number of rotatable bonds is 4. The van der Waals surface area contributed by atoms with Gasteiger partial charge in [-0.05, 0) is 41.8 Å². The molecule has 2 aromatic rings. The zero-order valence-corrected chi connectivity index (χ0v) is 12.6. The van der Waals surface area contributed by atoms with Gasteiger partial charge in [0.2, 0.25) is 0 Å². The van der Waals surface area contributed by atoms with Crippen LogP contribution in [0.5, 0.6) is 0 Å². The lowest BCUT2D eigenvalue weighted by Gasteiger charge is -2.17. The van der Waals surface area contributed by atoms with E-state index < -0.39 is 5.82 Å². The molecular formula is C14H12Cl3FN2. The Morgan fingerprint density at radius 1 is 1.00 bits per heavy atom. The Balaban J connectivity index is 2.23. The van der Waals surface area contributed by atoms with Crippen molar-refractivity contribution in [1.29, 1.82) is 0 Å². The van der Waals surface area contributed by atoms with Crippen molar-refractivity contribution in [1.82, 2.24) is 5.43 Å². The van der Waals surface area contributed by atoms with E-state index in [1.54, 1.807) is 18.2 Å². The Kier molecular flexibility index (Phi) is 5.24. The van der Waals surface area contributed by atoms with Crippen LogP contribution in [0.15, 0.2) is 36.4 Å². The highest BCUT2D eigenvalue weighted by atomic mass is 35.5. The Hall–Kier alpha value is -0.840. The third kappa shape index (κ3) is 3.62. The molecule has 0 fully saturated rings. The lowest BCUT2D eigenvalue weighted by atomic mass is 9.99. The summed E-state index contributed by atoms with van der Waals surface area (Å²) in [5.74, 6) is 5.07. The SMILES string of the molecule is NNC(Cc1ccc(Cl)c(Cl)c1)c1ccc(Cl)c(F)c1. The van der Waals surface area contributed by atoms with Crippen LogP contribution in [-0.4, -0.2) is 0 Å². The summed E-state index contributed by atoms with van der Waals surface area (Å²) in [6, 6.07) is 9.68. The predicted octanol–water partition coefficient (Wildman–Crippen LogP) is 4.53. The van der Waals surface area contributed by atoms with E-state index in [2.05, 4.69) is 5.43 Å². The maximum absolute atomic E-state index is 13.5. The van der Waals surface area contributed by atoms with Gasteiger partial charge in [0.05, 0.1) is 21.1 Å². The number of halogens is 4. The van der Waals surface area contributed by atoms with Gasteiger partial charge < -0.3 is 0 Å². The lowest BCUT2D eigenvalue weighted by Crippen LogP contribution is -2.29. The van der Waals surface area contributed by atoms with Crippen LogP contribution in [0.25, 0.3) is 0 Å².